The van der Waals surface area contributed by atoms with Crippen molar-refractivity contribution in [1.29, 1.82) is 0 Å². The summed E-state index contributed by atoms with van der Waals surface area (Å²) >= 11 is 0. The van der Waals surface area contributed by atoms with Gasteiger partial charge in [0.05, 0.1) is 4.90 Å². The van der Waals surface area contributed by atoms with Crippen molar-refractivity contribution in [2.75, 3.05) is 19.6 Å². The number of hydrogen-bond acceptors (Lipinski definition) is 6. The van der Waals surface area contributed by atoms with E-state index in [4.69, 9.17) is 10.5 Å². The standard InChI is InChI=1S/C15H21N5O3S.ClH/c1-19-15(17-11-18-19)10-23-13-2-4-14(5-3-13)24(21,22)20-7-6-12(8-16)9-20;/h2-5,11-12H,6-10,16H2,1H3;1H. The third-order valence-electron chi connectivity index (χ3n) is 4.22. The van der Waals surface area contributed by atoms with Crippen molar-refractivity contribution in [2.45, 2.75) is 17.9 Å². The van der Waals surface area contributed by atoms with E-state index in [-0.39, 0.29) is 29.8 Å². The number of nitrogens with two attached hydrogens (primary N) is 1. The second-order valence-electron chi connectivity index (χ2n) is 5.81. The van der Waals surface area contributed by atoms with Gasteiger partial charge < -0.3 is 10.5 Å². The molecule has 0 bridgehead atoms. The van der Waals surface area contributed by atoms with Gasteiger partial charge in [0.1, 0.15) is 18.7 Å². The zero-order valence-electron chi connectivity index (χ0n) is 13.9. The molecule has 0 spiro atoms. The Morgan fingerprint density at radius 2 is 2.04 bits per heavy atom. The first-order valence-electron chi connectivity index (χ1n) is 7.76. The van der Waals surface area contributed by atoms with Gasteiger partial charge in [-0.3, -0.25) is 4.68 Å². The molecule has 0 aliphatic carbocycles. The van der Waals surface area contributed by atoms with Crippen LogP contribution in [-0.2, 0) is 23.7 Å². The van der Waals surface area contributed by atoms with Crippen molar-refractivity contribution in [1.82, 2.24) is 19.1 Å². The van der Waals surface area contributed by atoms with Crippen molar-refractivity contribution >= 4 is 22.4 Å². The average molecular weight is 388 g/mol. The average Bonchev–Trinajstić information content (AvgIpc) is 3.22. The first-order chi connectivity index (χ1) is 11.5. The van der Waals surface area contributed by atoms with Crippen LogP contribution in [0.4, 0.5) is 0 Å². The molecular weight excluding hydrogens is 366 g/mol. The number of hydrogen-bond donors (Lipinski definition) is 1. The SMILES string of the molecule is Cl.Cn1ncnc1COc1ccc(S(=O)(=O)N2CCC(CN)C2)cc1. The maximum Gasteiger partial charge on any atom is 0.243 e. The molecular formula is C15H22ClN5O3S. The largest absolute Gasteiger partial charge is 0.486 e. The van der Waals surface area contributed by atoms with Crippen LogP contribution < -0.4 is 10.5 Å². The highest BCUT2D eigenvalue weighted by atomic mass is 35.5. The molecule has 10 heteroatoms. The fourth-order valence-electron chi connectivity index (χ4n) is 2.66. The van der Waals surface area contributed by atoms with E-state index in [9.17, 15) is 8.42 Å². The molecule has 1 unspecified atom stereocenters. The molecule has 2 heterocycles. The molecule has 8 nitrogen and oxygen atoms in total. The van der Waals surface area contributed by atoms with E-state index in [1.165, 1.54) is 10.6 Å². The molecule has 1 saturated heterocycles. The minimum absolute atomic E-state index is 0. The third kappa shape index (κ3) is 4.30. The second-order valence-corrected chi connectivity index (χ2v) is 7.75. The van der Waals surface area contributed by atoms with Gasteiger partial charge in [-0.15, -0.1) is 12.4 Å². The summed E-state index contributed by atoms with van der Waals surface area (Å²) in [5.74, 6) is 1.52. The smallest absolute Gasteiger partial charge is 0.243 e. The summed E-state index contributed by atoms with van der Waals surface area (Å²) in [5.41, 5.74) is 5.63. The lowest BCUT2D eigenvalue weighted by atomic mass is 10.1. The number of aryl methyl sites for hydroxylation is 1. The van der Waals surface area contributed by atoms with Crippen LogP contribution in [0.2, 0.25) is 0 Å². The Balaban J connectivity index is 0.00000225. The minimum Gasteiger partial charge on any atom is -0.486 e. The number of rotatable bonds is 6. The van der Waals surface area contributed by atoms with E-state index in [0.717, 1.165) is 6.42 Å². The predicted molar refractivity (Wildman–Crippen MR) is 94.9 cm³/mol. The molecule has 3 rings (SSSR count). The highest BCUT2D eigenvalue weighted by Gasteiger charge is 2.31. The molecule has 0 amide bonds. The van der Waals surface area contributed by atoms with Gasteiger partial charge in [0.15, 0.2) is 5.82 Å². The highest BCUT2D eigenvalue weighted by Crippen LogP contribution is 2.25. The predicted octanol–water partition coefficient (Wildman–Crippen LogP) is 0.785. The molecule has 25 heavy (non-hydrogen) atoms. The molecule has 0 saturated carbocycles. The fraction of sp³-hybridized carbons (Fsp3) is 0.467. The zero-order chi connectivity index (χ0) is 17.2. The zero-order valence-corrected chi connectivity index (χ0v) is 15.5. The van der Waals surface area contributed by atoms with E-state index in [1.807, 2.05) is 0 Å². The van der Waals surface area contributed by atoms with Gasteiger partial charge in [0, 0.05) is 20.1 Å². The van der Waals surface area contributed by atoms with Gasteiger partial charge in [-0.25, -0.2) is 13.4 Å². The minimum atomic E-state index is -3.47. The Bertz CT molecular complexity index is 794. The van der Waals surface area contributed by atoms with Gasteiger partial charge in [-0.05, 0) is 43.1 Å². The quantitative estimate of drug-likeness (QED) is 0.785. The summed E-state index contributed by atoms with van der Waals surface area (Å²) in [6.07, 6.45) is 2.27. The van der Waals surface area contributed by atoms with Crippen molar-refractivity contribution in [3.8, 4) is 5.75 Å². The summed E-state index contributed by atoms with van der Waals surface area (Å²) in [7, 11) is -1.68. The van der Waals surface area contributed by atoms with E-state index in [2.05, 4.69) is 10.1 Å². The number of halogens is 1. The lowest BCUT2D eigenvalue weighted by molar-refractivity contribution is 0.289. The number of nitrogens with zero attached hydrogens (tertiary/aromatic N) is 4. The molecule has 1 atom stereocenters. The summed E-state index contributed by atoms with van der Waals surface area (Å²) in [5, 5.41) is 3.96. The van der Waals surface area contributed by atoms with E-state index < -0.39 is 10.0 Å². The maximum atomic E-state index is 12.6. The fourth-order valence-corrected chi connectivity index (χ4v) is 4.19. The third-order valence-corrected chi connectivity index (χ3v) is 6.10. The van der Waals surface area contributed by atoms with Crippen LogP contribution >= 0.6 is 12.4 Å². The van der Waals surface area contributed by atoms with Crippen LogP contribution in [0.15, 0.2) is 35.5 Å². The van der Waals surface area contributed by atoms with Crippen LogP contribution in [0, 0.1) is 5.92 Å². The number of benzene rings is 1. The number of aromatic nitrogens is 3. The van der Waals surface area contributed by atoms with Crippen LogP contribution in [0.5, 0.6) is 5.75 Å². The first-order valence-corrected chi connectivity index (χ1v) is 9.20. The van der Waals surface area contributed by atoms with Crippen LogP contribution in [0.3, 0.4) is 0 Å². The Hall–Kier alpha value is -1.68. The summed E-state index contributed by atoms with van der Waals surface area (Å²) in [6.45, 7) is 1.80. The van der Waals surface area contributed by atoms with E-state index >= 15 is 0 Å². The molecule has 2 N–H and O–H groups in total. The van der Waals surface area contributed by atoms with Gasteiger partial charge in [0.25, 0.3) is 0 Å². The molecule has 1 aromatic carbocycles. The Kier molecular flexibility index (Phi) is 6.39. The Morgan fingerprint density at radius 3 is 2.60 bits per heavy atom. The van der Waals surface area contributed by atoms with Crippen molar-refractivity contribution in [3.63, 3.8) is 0 Å². The molecule has 1 aromatic heterocycles. The Labute approximate surface area is 153 Å². The normalized spacial score (nSPS) is 18.1. The van der Waals surface area contributed by atoms with Crippen LogP contribution in [-0.4, -0.2) is 47.1 Å². The van der Waals surface area contributed by atoms with Gasteiger partial charge in [-0.1, -0.05) is 0 Å². The maximum absolute atomic E-state index is 12.6. The highest BCUT2D eigenvalue weighted by molar-refractivity contribution is 7.89. The number of sulfonamides is 1. The van der Waals surface area contributed by atoms with Crippen LogP contribution in [0.1, 0.15) is 12.2 Å². The number of ether oxygens (including phenoxy) is 1. The monoisotopic (exact) mass is 387 g/mol. The lowest BCUT2D eigenvalue weighted by Gasteiger charge is -2.16. The van der Waals surface area contributed by atoms with Gasteiger partial charge >= 0.3 is 0 Å². The lowest BCUT2D eigenvalue weighted by Crippen LogP contribution is -2.30. The van der Waals surface area contributed by atoms with Crippen molar-refractivity contribution < 1.29 is 13.2 Å². The van der Waals surface area contributed by atoms with Crippen molar-refractivity contribution in [3.05, 3.63) is 36.4 Å². The topological polar surface area (TPSA) is 103 Å². The summed E-state index contributed by atoms with van der Waals surface area (Å²) in [4.78, 5) is 4.34. The molecule has 1 aliphatic heterocycles. The summed E-state index contributed by atoms with van der Waals surface area (Å²) in [6, 6.07) is 6.44. The second kappa shape index (κ2) is 8.13. The van der Waals surface area contributed by atoms with Crippen LogP contribution in [0.25, 0.3) is 0 Å². The molecule has 1 fully saturated rings. The van der Waals surface area contributed by atoms with E-state index in [1.54, 1.807) is 36.0 Å². The molecule has 0 radical (unpaired) electrons. The summed E-state index contributed by atoms with van der Waals surface area (Å²) < 4.78 is 34.0. The Morgan fingerprint density at radius 1 is 1.32 bits per heavy atom. The molecule has 2 aromatic rings. The molecule has 1 aliphatic rings. The van der Waals surface area contributed by atoms with Gasteiger partial charge in [-0.2, -0.15) is 9.40 Å². The molecule has 138 valence electrons. The van der Waals surface area contributed by atoms with Gasteiger partial charge in [0.2, 0.25) is 10.0 Å². The van der Waals surface area contributed by atoms with Crippen molar-refractivity contribution in [2.24, 2.45) is 18.7 Å². The van der Waals surface area contributed by atoms with E-state index in [0.29, 0.717) is 31.2 Å². The first kappa shape index (κ1) is 19.6.